The number of methoxy groups -OCH3 is 2. The summed E-state index contributed by atoms with van der Waals surface area (Å²) in [4.78, 5) is 7.04. The molecule has 0 unspecified atom stereocenters. The monoisotopic (exact) mass is 1510 g/mol. The number of benzene rings is 4. The molecule has 0 aliphatic heterocycles. The van der Waals surface area contributed by atoms with Crippen molar-refractivity contribution in [2.75, 3.05) is 14.2 Å². The molecule has 0 bridgehead atoms. The van der Waals surface area contributed by atoms with E-state index in [4.69, 9.17) is 36.1 Å². The smallest absolute Gasteiger partial charge is 0.243 e. The predicted octanol–water partition coefficient (Wildman–Crippen LogP) is 11.4. The molecule has 2 aromatic heterocycles. The van der Waals surface area contributed by atoms with Crippen molar-refractivity contribution in [2.45, 2.75) is 9.79 Å². The maximum atomic E-state index is 11.6. The number of phenolic OH excluding ortho intramolecular Hbond substituents is 1. The van der Waals surface area contributed by atoms with Gasteiger partial charge in [-0.05, 0) is 76.9 Å². The zero-order valence-corrected chi connectivity index (χ0v) is 47.1. The van der Waals surface area contributed by atoms with Gasteiger partial charge in [-0.2, -0.15) is 0 Å². The van der Waals surface area contributed by atoms with Crippen LogP contribution >= 0.6 is 125 Å². The van der Waals surface area contributed by atoms with Crippen LogP contribution in [0.3, 0.4) is 0 Å². The van der Waals surface area contributed by atoms with E-state index in [9.17, 15) is 21.9 Å². The zero-order chi connectivity index (χ0) is 43.3. The summed E-state index contributed by atoms with van der Waals surface area (Å²) in [6.07, 6.45) is 5.10. The number of aromatic hydroxyl groups is 1. The fourth-order valence-electron chi connectivity index (χ4n) is 4.36. The zero-order valence-electron chi connectivity index (χ0n) is 31.1. The number of pyridine rings is 2. The third-order valence-corrected chi connectivity index (χ3v) is 9.15. The van der Waals surface area contributed by atoms with E-state index in [2.05, 4.69) is 123 Å². The van der Waals surface area contributed by atoms with E-state index in [1.54, 1.807) is 32.4 Å². The van der Waals surface area contributed by atoms with Gasteiger partial charge in [0.1, 0.15) is 32.8 Å². The number of hydrogen-bond donors (Lipinski definition) is 3. The van der Waals surface area contributed by atoms with Crippen LogP contribution in [-0.4, -0.2) is 46.1 Å². The first-order chi connectivity index (χ1) is 27.4. The van der Waals surface area contributed by atoms with Gasteiger partial charge in [-0.25, -0.2) is 29.5 Å². The molecule has 0 fully saturated rings. The molecule has 60 heavy (non-hydrogen) atoms. The SMILES string of the molecule is COc1ccc(-c2cccc(O)c2)cc1.COc1ccc(-c2cccc(Oc3ccncc3S(N)(=O)=O)c2)cc1.I[C-](I)I.I[CH-]I.NS(=O)(=O)c1cnccc1Cl.[V].[V]. The Labute approximate surface area is 448 Å². The summed E-state index contributed by atoms with van der Waals surface area (Å²) in [7, 11) is -4.40. The molecule has 2 radical (unpaired) electrons. The van der Waals surface area contributed by atoms with Gasteiger partial charge in [0.25, 0.3) is 0 Å². The maximum Gasteiger partial charge on any atom is 0.243 e. The van der Waals surface area contributed by atoms with E-state index in [-0.39, 0.29) is 63.4 Å². The second kappa shape index (κ2) is 31.2. The van der Waals surface area contributed by atoms with Crippen LogP contribution in [0, 0.1) is 2.37 Å². The number of halogens is 6. The van der Waals surface area contributed by atoms with Gasteiger partial charge in [0, 0.05) is 61.8 Å². The number of rotatable bonds is 8. The number of primary sulfonamides is 2. The minimum atomic E-state index is -3.92. The number of sulfonamides is 2. The van der Waals surface area contributed by atoms with Crippen molar-refractivity contribution in [3.63, 3.8) is 0 Å². The second-order valence-electron chi connectivity index (χ2n) is 10.7. The summed E-state index contributed by atoms with van der Waals surface area (Å²) in [6.45, 7) is 0. The van der Waals surface area contributed by atoms with Crippen molar-refractivity contribution in [3.05, 3.63) is 141 Å². The average Bonchev–Trinajstić information content (AvgIpc) is 3.18. The molecule has 4 aromatic carbocycles. The Bertz CT molecular complexity index is 2390. The molecule has 2 heterocycles. The van der Waals surface area contributed by atoms with Gasteiger partial charge in [-0.15, -0.1) is -0.0619 Å². The molecular formula is C38H34ClI5N4O8S2V2-2. The van der Waals surface area contributed by atoms with Crippen molar-refractivity contribution in [1.82, 2.24) is 9.97 Å². The summed E-state index contributed by atoms with van der Waals surface area (Å²) >= 11 is 16.5. The summed E-state index contributed by atoms with van der Waals surface area (Å²) in [5.74, 6) is 2.50. The minimum Gasteiger partial charge on any atom is -0.508 e. The van der Waals surface area contributed by atoms with Crippen molar-refractivity contribution < 1.29 is 73.3 Å². The van der Waals surface area contributed by atoms with Crippen LogP contribution in [0.5, 0.6) is 28.7 Å². The number of nitrogens with two attached hydrogens (primary N) is 2. The summed E-state index contributed by atoms with van der Waals surface area (Å²) < 4.78 is 63.9. The molecule has 0 saturated heterocycles. The molecule has 0 atom stereocenters. The van der Waals surface area contributed by atoms with Crippen molar-refractivity contribution in [3.8, 4) is 51.0 Å². The summed E-state index contributed by atoms with van der Waals surface area (Å²) in [6, 6.07) is 32.6. The molecule has 0 spiro atoms. The molecular weight excluding hydrogens is 1480 g/mol. The number of phenols is 1. The Morgan fingerprint density at radius 3 is 1.45 bits per heavy atom. The molecule has 0 saturated carbocycles. The fourth-order valence-corrected chi connectivity index (χ4v) is 5.93. The van der Waals surface area contributed by atoms with Gasteiger partial charge >= 0.3 is 0 Å². The van der Waals surface area contributed by atoms with Gasteiger partial charge < -0.3 is 64.5 Å². The number of hydrogen-bond acceptors (Lipinski definition) is 10. The van der Waals surface area contributed by atoms with Crippen LogP contribution in [0.15, 0.2) is 144 Å². The van der Waals surface area contributed by atoms with E-state index in [0.29, 0.717) is 5.75 Å². The van der Waals surface area contributed by atoms with E-state index in [1.165, 1.54) is 24.5 Å². The normalized spacial score (nSPS) is 10.1. The quantitative estimate of drug-likeness (QED) is 0.0975. The Morgan fingerprint density at radius 2 is 1.05 bits per heavy atom. The number of ether oxygens (including phenoxy) is 3. The largest absolute Gasteiger partial charge is 0.508 e. The van der Waals surface area contributed by atoms with Crippen LogP contribution in [-0.2, 0) is 57.2 Å². The fraction of sp³-hybridized carbons (Fsp3) is 0.0526. The summed E-state index contributed by atoms with van der Waals surface area (Å²) in [5, 5.41) is 19.4. The predicted molar refractivity (Wildman–Crippen MR) is 272 cm³/mol. The van der Waals surface area contributed by atoms with Gasteiger partial charge in [-0.1, -0.05) is 60.1 Å². The van der Waals surface area contributed by atoms with Crippen LogP contribution in [0.2, 0.25) is 5.02 Å². The first-order valence-corrected chi connectivity index (χ1v) is 24.9. The molecule has 6 aromatic rings. The van der Waals surface area contributed by atoms with Gasteiger partial charge in [0.05, 0.1) is 25.4 Å². The van der Waals surface area contributed by atoms with Crippen molar-refractivity contribution in [2.24, 2.45) is 10.3 Å². The Kier molecular flexibility index (Phi) is 30.9. The minimum absolute atomic E-state index is 0. The third kappa shape index (κ3) is 22.8. The molecule has 0 amide bonds. The summed E-state index contributed by atoms with van der Waals surface area (Å²) in [5.41, 5.74) is 3.96. The maximum absolute atomic E-state index is 11.6. The van der Waals surface area contributed by atoms with Crippen LogP contribution in [0.1, 0.15) is 0 Å². The second-order valence-corrected chi connectivity index (χ2v) is 27.2. The van der Waals surface area contributed by atoms with E-state index >= 15 is 0 Å². The number of nitrogens with zero attached hydrogens (tertiary/aromatic N) is 2. The standard InChI is InChI=1S/C18H16N2O4S.C13H12O2.C5H5ClN2O2S.CI3.CHI2.2V/c1-23-15-7-5-13(6-8-15)14-3-2-4-16(11-14)24-17-9-10-20-12-18(17)25(19,21)22;1-15-13-7-5-10(6-8-13)11-3-2-4-12(14)9-11;6-4-1-2-8-3-5(4)11(7,9)10;2-1(3)4;2-1-3;;/h2-12H,1H3,(H2,19,21,22);2-9,14H,1H3;1-3H,(H2,7,9,10);;1H;;/q;;;2*-1;;. The molecule has 6 rings (SSSR count). The van der Waals surface area contributed by atoms with E-state index in [0.717, 1.165) is 46.1 Å². The average molecular weight is 1510 g/mol. The number of aromatic nitrogens is 2. The topological polar surface area (TPSA) is 194 Å². The molecule has 320 valence electrons. The van der Waals surface area contributed by atoms with Crippen molar-refractivity contribution in [1.29, 1.82) is 0 Å². The molecule has 0 aliphatic carbocycles. The molecule has 22 heteroatoms. The molecule has 12 nitrogen and oxygen atoms in total. The van der Waals surface area contributed by atoms with Gasteiger partial charge in [0.15, 0.2) is 5.75 Å². The van der Waals surface area contributed by atoms with E-state index < -0.39 is 20.0 Å². The van der Waals surface area contributed by atoms with E-state index in [1.807, 2.05) is 81.3 Å². The Hall–Kier alpha value is -0.691. The molecule has 0 aliphatic rings. The van der Waals surface area contributed by atoms with Crippen LogP contribution in [0.25, 0.3) is 22.3 Å². The first kappa shape index (κ1) is 59.3. The Morgan fingerprint density at radius 1 is 0.633 bits per heavy atom. The Balaban J connectivity index is 0.000000850. The van der Waals surface area contributed by atoms with Crippen LogP contribution < -0.4 is 24.5 Å². The van der Waals surface area contributed by atoms with Gasteiger partial charge in [-0.3, -0.25) is 77.7 Å². The third-order valence-electron chi connectivity index (χ3n) is 6.85. The van der Waals surface area contributed by atoms with Gasteiger partial charge in [0.2, 0.25) is 20.0 Å². The molecule has 5 N–H and O–H groups in total. The first-order valence-electron chi connectivity index (χ1n) is 15.7. The van der Waals surface area contributed by atoms with Crippen LogP contribution in [0.4, 0.5) is 0 Å². The van der Waals surface area contributed by atoms with Crippen molar-refractivity contribution >= 4 is 145 Å².